The molecule has 0 aliphatic carbocycles. The Morgan fingerprint density at radius 2 is 1.76 bits per heavy atom. The number of amides is 1. The van der Waals surface area contributed by atoms with Gasteiger partial charge in [-0.1, -0.05) is 18.2 Å². The summed E-state index contributed by atoms with van der Waals surface area (Å²) in [5.74, 6) is 0.00458. The van der Waals surface area contributed by atoms with Gasteiger partial charge in [0.15, 0.2) is 0 Å². The second-order valence-corrected chi connectivity index (χ2v) is 5.97. The summed E-state index contributed by atoms with van der Waals surface area (Å²) < 4.78 is 0. The van der Waals surface area contributed by atoms with E-state index >= 15 is 0 Å². The van der Waals surface area contributed by atoms with Crippen LogP contribution in [0.4, 0.5) is 5.69 Å². The Morgan fingerprint density at radius 1 is 1.14 bits per heavy atom. The Labute approximate surface area is 128 Å². The predicted octanol–water partition coefficient (Wildman–Crippen LogP) is 2.64. The van der Waals surface area contributed by atoms with Gasteiger partial charge in [-0.05, 0) is 46.2 Å². The Kier molecular flexibility index (Phi) is 7.40. The zero-order valence-electron chi connectivity index (χ0n) is 13.9. The van der Waals surface area contributed by atoms with Gasteiger partial charge in [-0.15, -0.1) is 0 Å². The monoisotopic (exact) mass is 291 g/mol. The molecule has 0 aliphatic heterocycles. The van der Waals surface area contributed by atoms with E-state index in [2.05, 4.69) is 43.2 Å². The minimum absolute atomic E-state index is 0.00458. The SMILES string of the molecule is Cc1ccccc1NC(=O)CNCCN(C(C)C)C(C)C. The van der Waals surface area contributed by atoms with E-state index in [-0.39, 0.29) is 5.91 Å². The largest absolute Gasteiger partial charge is 0.325 e. The van der Waals surface area contributed by atoms with E-state index < -0.39 is 0 Å². The van der Waals surface area contributed by atoms with Gasteiger partial charge in [-0.2, -0.15) is 0 Å². The topological polar surface area (TPSA) is 44.4 Å². The summed E-state index contributed by atoms with van der Waals surface area (Å²) in [6.45, 7) is 12.9. The standard InChI is InChI=1S/C17H29N3O/c1-13(2)20(14(3)4)11-10-18-12-17(21)19-16-9-7-6-8-15(16)5/h6-9,13-14,18H,10-12H2,1-5H3,(H,19,21). The average molecular weight is 291 g/mol. The molecule has 0 atom stereocenters. The van der Waals surface area contributed by atoms with Gasteiger partial charge in [0.25, 0.3) is 0 Å². The normalized spacial score (nSPS) is 11.4. The summed E-state index contributed by atoms with van der Waals surface area (Å²) in [7, 11) is 0. The fourth-order valence-electron chi connectivity index (χ4n) is 2.43. The van der Waals surface area contributed by atoms with Crippen LogP contribution in [0.2, 0.25) is 0 Å². The van der Waals surface area contributed by atoms with Gasteiger partial charge < -0.3 is 10.6 Å². The molecule has 1 aromatic carbocycles. The highest BCUT2D eigenvalue weighted by Crippen LogP contribution is 2.12. The maximum absolute atomic E-state index is 11.9. The Hall–Kier alpha value is -1.39. The third kappa shape index (κ3) is 6.27. The van der Waals surface area contributed by atoms with Crippen molar-refractivity contribution in [3.63, 3.8) is 0 Å². The lowest BCUT2D eigenvalue weighted by atomic mass is 10.2. The van der Waals surface area contributed by atoms with Crippen molar-refractivity contribution in [2.24, 2.45) is 0 Å². The van der Waals surface area contributed by atoms with E-state index in [0.29, 0.717) is 18.6 Å². The Morgan fingerprint density at radius 3 is 2.33 bits per heavy atom. The highest BCUT2D eigenvalue weighted by atomic mass is 16.1. The van der Waals surface area contributed by atoms with E-state index in [1.54, 1.807) is 0 Å². The first kappa shape index (κ1) is 17.7. The predicted molar refractivity (Wildman–Crippen MR) is 89.7 cm³/mol. The van der Waals surface area contributed by atoms with Crippen LogP contribution in [0.1, 0.15) is 33.3 Å². The van der Waals surface area contributed by atoms with Crippen LogP contribution in [0.5, 0.6) is 0 Å². The number of anilines is 1. The molecule has 0 fully saturated rings. The van der Waals surface area contributed by atoms with E-state index in [9.17, 15) is 4.79 Å². The lowest BCUT2D eigenvalue weighted by Gasteiger charge is -2.30. The zero-order chi connectivity index (χ0) is 15.8. The molecule has 4 nitrogen and oxygen atoms in total. The summed E-state index contributed by atoms with van der Waals surface area (Å²) >= 11 is 0. The van der Waals surface area contributed by atoms with Crippen molar-refractivity contribution in [3.05, 3.63) is 29.8 Å². The van der Waals surface area contributed by atoms with Crippen LogP contribution >= 0.6 is 0 Å². The molecular formula is C17H29N3O. The highest BCUT2D eigenvalue weighted by Gasteiger charge is 2.12. The van der Waals surface area contributed by atoms with Crippen LogP contribution in [0, 0.1) is 6.92 Å². The fourth-order valence-corrected chi connectivity index (χ4v) is 2.43. The summed E-state index contributed by atoms with van der Waals surface area (Å²) in [5, 5.41) is 6.14. The van der Waals surface area contributed by atoms with E-state index in [1.165, 1.54) is 0 Å². The van der Waals surface area contributed by atoms with E-state index in [4.69, 9.17) is 0 Å². The first-order valence-electron chi connectivity index (χ1n) is 7.73. The van der Waals surface area contributed by atoms with Crippen LogP contribution in [0.15, 0.2) is 24.3 Å². The molecule has 0 saturated carbocycles. The maximum Gasteiger partial charge on any atom is 0.238 e. The lowest BCUT2D eigenvalue weighted by Crippen LogP contribution is -2.42. The molecule has 0 heterocycles. The molecule has 4 heteroatoms. The third-order valence-corrected chi connectivity index (χ3v) is 3.58. The van der Waals surface area contributed by atoms with Gasteiger partial charge in [0, 0.05) is 30.9 Å². The van der Waals surface area contributed by atoms with Gasteiger partial charge in [-0.3, -0.25) is 9.69 Å². The second kappa shape index (κ2) is 8.80. The average Bonchev–Trinajstić information content (AvgIpc) is 2.40. The van der Waals surface area contributed by atoms with Crippen molar-refractivity contribution < 1.29 is 4.79 Å². The first-order valence-corrected chi connectivity index (χ1v) is 7.73. The minimum Gasteiger partial charge on any atom is -0.325 e. The molecule has 0 unspecified atom stereocenters. The number of hydrogen-bond acceptors (Lipinski definition) is 3. The molecule has 0 bridgehead atoms. The highest BCUT2D eigenvalue weighted by molar-refractivity contribution is 5.92. The van der Waals surface area contributed by atoms with Crippen LogP contribution in [-0.2, 0) is 4.79 Å². The summed E-state index contributed by atoms with van der Waals surface area (Å²) in [6.07, 6.45) is 0. The Bertz CT molecular complexity index is 435. The smallest absolute Gasteiger partial charge is 0.238 e. The van der Waals surface area contributed by atoms with Crippen LogP contribution in [0.25, 0.3) is 0 Å². The molecule has 1 aromatic rings. The number of carbonyl (C=O) groups is 1. The second-order valence-electron chi connectivity index (χ2n) is 5.97. The number of nitrogens with zero attached hydrogens (tertiary/aromatic N) is 1. The third-order valence-electron chi connectivity index (χ3n) is 3.58. The maximum atomic E-state index is 11.9. The molecular weight excluding hydrogens is 262 g/mol. The molecule has 0 aliphatic rings. The molecule has 0 aromatic heterocycles. The number of rotatable bonds is 8. The first-order chi connectivity index (χ1) is 9.91. The van der Waals surface area contributed by atoms with Crippen molar-refractivity contribution in [3.8, 4) is 0 Å². The van der Waals surface area contributed by atoms with Gasteiger partial charge in [0.2, 0.25) is 5.91 Å². The number of benzene rings is 1. The molecule has 1 rings (SSSR count). The van der Waals surface area contributed by atoms with Crippen LogP contribution in [-0.4, -0.2) is 42.5 Å². The molecule has 0 radical (unpaired) electrons. The van der Waals surface area contributed by atoms with Crippen molar-refractivity contribution in [2.45, 2.75) is 46.7 Å². The summed E-state index contributed by atoms with van der Waals surface area (Å²) in [6, 6.07) is 8.85. The van der Waals surface area contributed by atoms with Gasteiger partial charge in [0.1, 0.15) is 0 Å². The van der Waals surface area contributed by atoms with Crippen LogP contribution < -0.4 is 10.6 Å². The van der Waals surface area contributed by atoms with Gasteiger partial charge >= 0.3 is 0 Å². The Balaban J connectivity index is 2.29. The molecule has 118 valence electrons. The number of para-hydroxylation sites is 1. The quantitative estimate of drug-likeness (QED) is 0.724. The lowest BCUT2D eigenvalue weighted by molar-refractivity contribution is -0.115. The molecule has 0 saturated heterocycles. The minimum atomic E-state index is 0.00458. The summed E-state index contributed by atoms with van der Waals surface area (Å²) in [4.78, 5) is 14.3. The van der Waals surface area contributed by atoms with Crippen molar-refractivity contribution in [1.29, 1.82) is 0 Å². The molecule has 1 amide bonds. The molecule has 2 N–H and O–H groups in total. The zero-order valence-corrected chi connectivity index (χ0v) is 13.9. The summed E-state index contributed by atoms with van der Waals surface area (Å²) in [5.41, 5.74) is 1.96. The fraction of sp³-hybridized carbons (Fsp3) is 0.588. The molecule has 0 spiro atoms. The van der Waals surface area contributed by atoms with Gasteiger partial charge in [-0.25, -0.2) is 0 Å². The van der Waals surface area contributed by atoms with Crippen molar-refractivity contribution in [2.75, 3.05) is 25.0 Å². The number of carbonyl (C=O) groups excluding carboxylic acids is 1. The number of nitrogens with one attached hydrogen (secondary N) is 2. The van der Waals surface area contributed by atoms with E-state index in [0.717, 1.165) is 24.3 Å². The number of hydrogen-bond donors (Lipinski definition) is 2. The van der Waals surface area contributed by atoms with Crippen LogP contribution in [0.3, 0.4) is 0 Å². The van der Waals surface area contributed by atoms with Crippen molar-refractivity contribution >= 4 is 11.6 Å². The van der Waals surface area contributed by atoms with E-state index in [1.807, 2.05) is 31.2 Å². The number of aryl methyl sites for hydroxylation is 1. The van der Waals surface area contributed by atoms with Gasteiger partial charge in [0.05, 0.1) is 6.54 Å². The van der Waals surface area contributed by atoms with Crippen molar-refractivity contribution in [1.82, 2.24) is 10.2 Å². The molecule has 21 heavy (non-hydrogen) atoms.